The predicted octanol–water partition coefficient (Wildman–Crippen LogP) is 2.22. The van der Waals surface area contributed by atoms with Crippen LogP contribution < -0.4 is 0 Å². The molecule has 1 aliphatic heterocycles. The monoisotopic (exact) mass is 213 g/mol. The Kier molecular flexibility index (Phi) is 4.14. The summed E-state index contributed by atoms with van der Waals surface area (Å²) < 4.78 is 0. The van der Waals surface area contributed by atoms with Crippen molar-refractivity contribution in [1.29, 1.82) is 0 Å². The van der Waals surface area contributed by atoms with Gasteiger partial charge in [-0.15, -0.1) is 0 Å². The number of hydrogen-bond acceptors (Lipinski definition) is 2. The highest BCUT2D eigenvalue weighted by molar-refractivity contribution is 5.74. The minimum absolute atomic E-state index is 0.265. The third-order valence-electron chi connectivity index (χ3n) is 3.37. The molecule has 0 aliphatic carbocycles. The fraction of sp³-hybridized carbons (Fsp3) is 0.917. The summed E-state index contributed by atoms with van der Waals surface area (Å²) in [6.45, 7) is 9.50. The van der Waals surface area contributed by atoms with Gasteiger partial charge in [-0.05, 0) is 38.1 Å². The molecule has 1 N–H and O–H groups in total. The molecule has 0 aromatic rings. The minimum Gasteiger partial charge on any atom is -0.480 e. The number of carbonyl (C=O) groups is 1. The van der Waals surface area contributed by atoms with Crippen LogP contribution in [0.2, 0.25) is 0 Å². The fourth-order valence-corrected chi connectivity index (χ4v) is 2.67. The molecule has 0 amide bonds. The quantitative estimate of drug-likeness (QED) is 0.778. The van der Waals surface area contributed by atoms with Crippen LogP contribution in [0, 0.1) is 11.8 Å². The molecule has 15 heavy (non-hydrogen) atoms. The van der Waals surface area contributed by atoms with Crippen molar-refractivity contribution in [3.8, 4) is 0 Å². The topological polar surface area (TPSA) is 40.5 Å². The van der Waals surface area contributed by atoms with Gasteiger partial charge in [-0.2, -0.15) is 0 Å². The van der Waals surface area contributed by atoms with E-state index in [9.17, 15) is 9.90 Å². The molecule has 1 aliphatic rings. The van der Waals surface area contributed by atoms with E-state index in [1.165, 1.54) is 0 Å². The van der Waals surface area contributed by atoms with Crippen LogP contribution in [0.4, 0.5) is 0 Å². The van der Waals surface area contributed by atoms with Gasteiger partial charge in [0.15, 0.2) is 0 Å². The minimum atomic E-state index is -0.657. The van der Waals surface area contributed by atoms with Crippen molar-refractivity contribution in [2.24, 2.45) is 11.8 Å². The summed E-state index contributed by atoms with van der Waals surface area (Å²) in [5.41, 5.74) is 0. The number of carboxylic acids is 1. The Morgan fingerprint density at radius 3 is 2.53 bits per heavy atom. The Balaban J connectivity index is 2.64. The molecule has 3 atom stereocenters. The van der Waals surface area contributed by atoms with E-state index < -0.39 is 5.97 Å². The van der Waals surface area contributed by atoms with Crippen molar-refractivity contribution in [2.45, 2.75) is 52.6 Å². The molecule has 0 aromatic carbocycles. The van der Waals surface area contributed by atoms with Crippen molar-refractivity contribution < 1.29 is 9.90 Å². The van der Waals surface area contributed by atoms with E-state index in [0.29, 0.717) is 12.0 Å². The largest absolute Gasteiger partial charge is 0.480 e. The summed E-state index contributed by atoms with van der Waals surface area (Å²) in [5.74, 6) is 0.262. The van der Waals surface area contributed by atoms with Crippen LogP contribution in [-0.2, 0) is 4.79 Å². The molecular formula is C12H23NO2. The van der Waals surface area contributed by atoms with Gasteiger partial charge in [0.2, 0.25) is 0 Å². The lowest BCUT2D eigenvalue weighted by atomic mass is 10.0. The highest BCUT2D eigenvalue weighted by Gasteiger charge is 2.38. The zero-order valence-electron chi connectivity index (χ0n) is 10.2. The maximum absolute atomic E-state index is 11.2. The fourth-order valence-electron chi connectivity index (χ4n) is 2.67. The first-order chi connectivity index (χ1) is 6.93. The van der Waals surface area contributed by atoms with Crippen LogP contribution in [-0.4, -0.2) is 34.6 Å². The second-order valence-electron chi connectivity index (χ2n) is 5.27. The van der Waals surface area contributed by atoms with E-state index in [0.717, 1.165) is 19.4 Å². The smallest absolute Gasteiger partial charge is 0.321 e. The number of hydrogen-bond donors (Lipinski definition) is 1. The molecule has 1 saturated heterocycles. The third-order valence-corrected chi connectivity index (χ3v) is 3.37. The maximum Gasteiger partial charge on any atom is 0.321 e. The molecule has 0 bridgehead atoms. The van der Waals surface area contributed by atoms with E-state index in [-0.39, 0.29) is 12.0 Å². The number of nitrogens with zero attached hydrogens (tertiary/aromatic N) is 1. The Morgan fingerprint density at radius 2 is 2.07 bits per heavy atom. The summed E-state index contributed by atoms with van der Waals surface area (Å²) in [6.07, 6.45) is 2.09. The average Bonchev–Trinajstić information content (AvgIpc) is 2.45. The Bertz CT molecular complexity index is 228. The maximum atomic E-state index is 11.2. The van der Waals surface area contributed by atoms with Gasteiger partial charge < -0.3 is 5.11 Å². The van der Waals surface area contributed by atoms with E-state index in [1.807, 2.05) is 6.92 Å². The zero-order chi connectivity index (χ0) is 11.6. The molecule has 0 spiro atoms. The van der Waals surface area contributed by atoms with Crippen LogP contribution in [0.5, 0.6) is 0 Å². The van der Waals surface area contributed by atoms with Gasteiger partial charge in [-0.1, -0.05) is 20.8 Å². The summed E-state index contributed by atoms with van der Waals surface area (Å²) in [7, 11) is 0. The SMILES string of the molecule is CC(C)CC(C)N1CCC(C)C1C(=O)O. The second-order valence-corrected chi connectivity index (χ2v) is 5.27. The van der Waals surface area contributed by atoms with Gasteiger partial charge in [0.25, 0.3) is 0 Å². The number of rotatable bonds is 4. The first-order valence-electron chi connectivity index (χ1n) is 5.92. The van der Waals surface area contributed by atoms with Crippen LogP contribution >= 0.6 is 0 Å². The first kappa shape index (κ1) is 12.5. The van der Waals surface area contributed by atoms with Crippen molar-refractivity contribution in [2.75, 3.05) is 6.54 Å². The number of likely N-dealkylation sites (tertiary alicyclic amines) is 1. The van der Waals surface area contributed by atoms with E-state index in [4.69, 9.17) is 0 Å². The summed E-state index contributed by atoms with van der Waals surface area (Å²) >= 11 is 0. The van der Waals surface area contributed by atoms with Crippen LogP contribution in [0.1, 0.15) is 40.5 Å². The van der Waals surface area contributed by atoms with E-state index >= 15 is 0 Å². The normalized spacial score (nSPS) is 29.7. The summed E-state index contributed by atoms with van der Waals surface area (Å²) in [4.78, 5) is 13.3. The van der Waals surface area contributed by atoms with Crippen molar-refractivity contribution in [3.63, 3.8) is 0 Å². The first-order valence-corrected chi connectivity index (χ1v) is 5.92. The lowest BCUT2D eigenvalue weighted by Gasteiger charge is -2.30. The number of carboxylic acid groups (broad SMARTS) is 1. The van der Waals surface area contributed by atoms with Crippen molar-refractivity contribution in [1.82, 2.24) is 4.90 Å². The van der Waals surface area contributed by atoms with Gasteiger partial charge in [-0.25, -0.2) is 0 Å². The van der Waals surface area contributed by atoms with Gasteiger partial charge in [0.1, 0.15) is 6.04 Å². The Labute approximate surface area is 92.5 Å². The number of aliphatic carboxylic acids is 1. The lowest BCUT2D eigenvalue weighted by Crippen LogP contribution is -2.44. The Hall–Kier alpha value is -0.570. The van der Waals surface area contributed by atoms with Crippen LogP contribution in [0.15, 0.2) is 0 Å². The molecule has 1 heterocycles. The van der Waals surface area contributed by atoms with Crippen molar-refractivity contribution >= 4 is 5.97 Å². The third kappa shape index (κ3) is 2.94. The molecule has 3 unspecified atom stereocenters. The standard InChI is InChI=1S/C12H23NO2/c1-8(2)7-10(4)13-6-5-9(3)11(13)12(14)15/h8-11H,5-7H2,1-4H3,(H,14,15). The molecule has 0 radical (unpaired) electrons. The summed E-state index contributed by atoms with van der Waals surface area (Å²) in [5, 5.41) is 9.20. The average molecular weight is 213 g/mol. The van der Waals surface area contributed by atoms with Gasteiger partial charge in [0, 0.05) is 6.04 Å². The highest BCUT2D eigenvalue weighted by Crippen LogP contribution is 2.28. The molecule has 88 valence electrons. The molecule has 1 rings (SSSR count). The van der Waals surface area contributed by atoms with E-state index in [1.54, 1.807) is 0 Å². The molecular weight excluding hydrogens is 190 g/mol. The van der Waals surface area contributed by atoms with Crippen LogP contribution in [0.3, 0.4) is 0 Å². The van der Waals surface area contributed by atoms with Crippen LogP contribution in [0.25, 0.3) is 0 Å². The van der Waals surface area contributed by atoms with E-state index in [2.05, 4.69) is 25.7 Å². The zero-order valence-corrected chi connectivity index (χ0v) is 10.2. The van der Waals surface area contributed by atoms with Gasteiger partial charge >= 0.3 is 5.97 Å². The molecule has 1 fully saturated rings. The highest BCUT2D eigenvalue weighted by atomic mass is 16.4. The van der Waals surface area contributed by atoms with Gasteiger partial charge in [-0.3, -0.25) is 9.69 Å². The predicted molar refractivity (Wildman–Crippen MR) is 60.8 cm³/mol. The molecule has 0 aromatic heterocycles. The van der Waals surface area contributed by atoms with Crippen molar-refractivity contribution in [3.05, 3.63) is 0 Å². The second kappa shape index (κ2) is 4.97. The molecule has 3 heteroatoms. The molecule has 3 nitrogen and oxygen atoms in total. The summed E-state index contributed by atoms with van der Waals surface area (Å²) in [6, 6.07) is 0.120. The Morgan fingerprint density at radius 1 is 1.47 bits per heavy atom. The molecule has 0 saturated carbocycles. The lowest BCUT2D eigenvalue weighted by molar-refractivity contribution is -0.144. The van der Waals surface area contributed by atoms with Gasteiger partial charge in [0.05, 0.1) is 0 Å².